The van der Waals surface area contributed by atoms with Crippen molar-refractivity contribution in [2.45, 2.75) is 33.7 Å². The number of amides is 1. The zero-order valence-electron chi connectivity index (χ0n) is 16.3. The topological polar surface area (TPSA) is 112 Å². The molecular weight excluding hydrogens is 356 g/mol. The second kappa shape index (κ2) is 7.77. The number of nitrogens with zero attached hydrogens (tertiary/aromatic N) is 3. The molecule has 1 aliphatic heterocycles. The van der Waals surface area contributed by atoms with Gasteiger partial charge in [0.1, 0.15) is 17.5 Å². The molecule has 0 saturated carbocycles. The zero-order valence-corrected chi connectivity index (χ0v) is 16.3. The van der Waals surface area contributed by atoms with E-state index >= 15 is 0 Å². The smallest absolute Gasteiger partial charge is 0.225 e. The highest BCUT2D eigenvalue weighted by molar-refractivity contribution is 5.82. The van der Waals surface area contributed by atoms with Gasteiger partial charge in [-0.3, -0.25) is 4.79 Å². The van der Waals surface area contributed by atoms with Crippen LogP contribution in [0.5, 0.6) is 11.5 Å². The average Bonchev–Trinajstić information content (AvgIpc) is 2.68. The van der Waals surface area contributed by atoms with Gasteiger partial charge in [0.05, 0.1) is 12.3 Å². The molecule has 3 rings (SSSR count). The Morgan fingerprint density at radius 3 is 2.86 bits per heavy atom. The van der Waals surface area contributed by atoms with E-state index in [1.807, 2.05) is 20.8 Å². The number of phenols is 1. The first-order chi connectivity index (χ1) is 13.4. The highest BCUT2D eigenvalue weighted by atomic mass is 16.5. The molecule has 0 saturated heterocycles. The predicted octanol–water partition coefficient (Wildman–Crippen LogP) is 2.85. The lowest BCUT2D eigenvalue weighted by Gasteiger charge is -2.31. The SMILES string of the molecule is CCOc1cc(-c2c(C#N)c(N)nc3c2CN(C(=O)C(C)C)CC3)ccc1O. The molecule has 7 nitrogen and oxygen atoms in total. The summed E-state index contributed by atoms with van der Waals surface area (Å²) >= 11 is 0. The number of hydrogen-bond donors (Lipinski definition) is 2. The van der Waals surface area contributed by atoms with Crippen molar-refractivity contribution in [2.24, 2.45) is 5.92 Å². The number of phenolic OH excluding ortho intramolecular Hbond substituents is 1. The van der Waals surface area contributed by atoms with Gasteiger partial charge in [0.2, 0.25) is 5.91 Å². The molecule has 146 valence electrons. The molecule has 1 aromatic carbocycles. The molecule has 0 bridgehead atoms. The minimum absolute atomic E-state index is 0.0246. The van der Waals surface area contributed by atoms with Crippen molar-refractivity contribution in [1.29, 1.82) is 5.26 Å². The highest BCUT2D eigenvalue weighted by Crippen LogP contribution is 2.39. The number of anilines is 1. The lowest BCUT2D eigenvalue weighted by atomic mass is 9.90. The van der Waals surface area contributed by atoms with Gasteiger partial charge < -0.3 is 20.5 Å². The van der Waals surface area contributed by atoms with Gasteiger partial charge in [0.15, 0.2) is 11.5 Å². The normalized spacial score (nSPS) is 13.2. The van der Waals surface area contributed by atoms with Gasteiger partial charge in [-0.2, -0.15) is 5.26 Å². The third kappa shape index (κ3) is 3.46. The third-order valence-corrected chi connectivity index (χ3v) is 4.84. The summed E-state index contributed by atoms with van der Waals surface area (Å²) in [7, 11) is 0. The van der Waals surface area contributed by atoms with Gasteiger partial charge in [-0.05, 0) is 24.6 Å². The monoisotopic (exact) mass is 380 g/mol. The number of fused-ring (bicyclic) bond motifs is 1. The van der Waals surface area contributed by atoms with Crippen molar-refractivity contribution in [1.82, 2.24) is 9.88 Å². The first-order valence-electron chi connectivity index (χ1n) is 9.33. The maximum absolute atomic E-state index is 12.5. The second-order valence-electron chi connectivity index (χ2n) is 7.06. The maximum atomic E-state index is 12.5. The van der Waals surface area contributed by atoms with E-state index in [1.165, 1.54) is 6.07 Å². The van der Waals surface area contributed by atoms with Crippen LogP contribution >= 0.6 is 0 Å². The molecule has 1 amide bonds. The number of aromatic hydroxyl groups is 1. The van der Waals surface area contributed by atoms with Crippen molar-refractivity contribution >= 4 is 11.7 Å². The van der Waals surface area contributed by atoms with Crippen LogP contribution in [0.3, 0.4) is 0 Å². The standard InChI is InChI=1S/C21H24N4O3/c1-4-28-18-9-13(5-6-17(18)26)19-14(10-22)20(23)24-16-7-8-25(11-15(16)19)21(27)12(2)3/h5-6,9,12,26H,4,7-8,11H2,1-3H3,(H2,23,24). The summed E-state index contributed by atoms with van der Waals surface area (Å²) in [4.78, 5) is 18.7. The number of hydrogen-bond acceptors (Lipinski definition) is 6. The van der Waals surface area contributed by atoms with Crippen LogP contribution in [-0.4, -0.2) is 34.0 Å². The third-order valence-electron chi connectivity index (χ3n) is 4.84. The van der Waals surface area contributed by atoms with Crippen LogP contribution in [0.25, 0.3) is 11.1 Å². The number of aromatic nitrogens is 1. The molecule has 3 N–H and O–H groups in total. The number of benzene rings is 1. The van der Waals surface area contributed by atoms with E-state index in [4.69, 9.17) is 10.5 Å². The van der Waals surface area contributed by atoms with Gasteiger partial charge in [-0.25, -0.2) is 4.98 Å². The molecule has 1 aromatic heterocycles. The van der Waals surface area contributed by atoms with Crippen LogP contribution in [0, 0.1) is 17.2 Å². The summed E-state index contributed by atoms with van der Waals surface area (Å²) in [5.74, 6) is 0.481. The minimum Gasteiger partial charge on any atom is -0.504 e. The fourth-order valence-electron chi connectivity index (χ4n) is 3.51. The van der Waals surface area contributed by atoms with E-state index in [0.29, 0.717) is 43.0 Å². The molecule has 0 unspecified atom stereocenters. The Balaban J connectivity index is 2.19. The van der Waals surface area contributed by atoms with Gasteiger partial charge >= 0.3 is 0 Å². The summed E-state index contributed by atoms with van der Waals surface area (Å²) in [6, 6.07) is 7.09. The van der Waals surface area contributed by atoms with Gasteiger partial charge in [0.25, 0.3) is 0 Å². The summed E-state index contributed by atoms with van der Waals surface area (Å²) in [5, 5.41) is 19.8. The van der Waals surface area contributed by atoms with Crippen LogP contribution in [0.2, 0.25) is 0 Å². The zero-order chi connectivity index (χ0) is 20.4. The van der Waals surface area contributed by atoms with Gasteiger partial charge in [-0.15, -0.1) is 0 Å². The summed E-state index contributed by atoms with van der Waals surface area (Å²) in [6.45, 7) is 6.91. The van der Waals surface area contributed by atoms with E-state index in [2.05, 4.69) is 11.1 Å². The van der Waals surface area contributed by atoms with Crippen molar-refractivity contribution < 1.29 is 14.6 Å². The van der Waals surface area contributed by atoms with E-state index in [1.54, 1.807) is 17.0 Å². The second-order valence-corrected chi connectivity index (χ2v) is 7.06. The summed E-state index contributed by atoms with van der Waals surface area (Å²) in [5.41, 5.74) is 9.29. The van der Waals surface area contributed by atoms with Crippen molar-refractivity contribution in [3.05, 3.63) is 35.0 Å². The molecule has 0 radical (unpaired) electrons. The van der Waals surface area contributed by atoms with Crippen LogP contribution in [0.15, 0.2) is 18.2 Å². The first kappa shape index (κ1) is 19.5. The number of carbonyl (C=O) groups is 1. The lowest BCUT2D eigenvalue weighted by molar-refractivity contribution is -0.135. The Morgan fingerprint density at radius 1 is 1.46 bits per heavy atom. The molecule has 0 aliphatic carbocycles. The van der Waals surface area contributed by atoms with Crippen molar-refractivity contribution in [2.75, 3.05) is 18.9 Å². The van der Waals surface area contributed by atoms with Crippen LogP contribution < -0.4 is 10.5 Å². The quantitative estimate of drug-likeness (QED) is 0.843. The number of nitrogens with two attached hydrogens (primary N) is 1. The van der Waals surface area contributed by atoms with E-state index in [-0.39, 0.29) is 29.0 Å². The summed E-state index contributed by atoms with van der Waals surface area (Å²) < 4.78 is 5.49. The number of nitrogen functional groups attached to an aromatic ring is 1. The van der Waals surface area contributed by atoms with Gasteiger partial charge in [0, 0.05) is 36.6 Å². The molecule has 0 spiro atoms. The Bertz CT molecular complexity index is 963. The molecule has 2 aromatic rings. The lowest BCUT2D eigenvalue weighted by Crippen LogP contribution is -2.39. The number of carbonyl (C=O) groups excluding carboxylic acids is 1. The Kier molecular flexibility index (Phi) is 5.41. The molecule has 28 heavy (non-hydrogen) atoms. The molecule has 1 aliphatic rings. The van der Waals surface area contributed by atoms with Gasteiger partial charge in [-0.1, -0.05) is 19.9 Å². The minimum atomic E-state index is -0.111. The Hall–Kier alpha value is -3.27. The maximum Gasteiger partial charge on any atom is 0.225 e. The molecule has 7 heteroatoms. The van der Waals surface area contributed by atoms with E-state index < -0.39 is 0 Å². The molecule has 0 fully saturated rings. The van der Waals surface area contributed by atoms with E-state index in [0.717, 1.165) is 11.3 Å². The number of ether oxygens (including phenoxy) is 1. The first-order valence-corrected chi connectivity index (χ1v) is 9.33. The van der Waals surface area contributed by atoms with Crippen molar-refractivity contribution in [3.63, 3.8) is 0 Å². The fourth-order valence-corrected chi connectivity index (χ4v) is 3.51. The average molecular weight is 380 g/mol. The highest BCUT2D eigenvalue weighted by Gasteiger charge is 2.28. The Labute approximate surface area is 164 Å². The van der Waals surface area contributed by atoms with Crippen molar-refractivity contribution in [3.8, 4) is 28.7 Å². The number of rotatable bonds is 4. The van der Waals surface area contributed by atoms with Crippen LogP contribution in [-0.2, 0) is 17.8 Å². The van der Waals surface area contributed by atoms with Crippen LogP contribution in [0.1, 0.15) is 37.6 Å². The predicted molar refractivity (Wildman–Crippen MR) is 106 cm³/mol. The molecular formula is C21H24N4O3. The van der Waals surface area contributed by atoms with E-state index in [9.17, 15) is 15.2 Å². The molecule has 0 atom stereocenters. The number of pyridine rings is 1. The Morgan fingerprint density at radius 2 is 2.21 bits per heavy atom. The van der Waals surface area contributed by atoms with Crippen LogP contribution in [0.4, 0.5) is 5.82 Å². The largest absolute Gasteiger partial charge is 0.504 e. The fraction of sp³-hybridized carbons (Fsp3) is 0.381. The molecule has 2 heterocycles. The summed E-state index contributed by atoms with van der Waals surface area (Å²) in [6.07, 6.45) is 0.576. The number of nitriles is 1.